The van der Waals surface area contributed by atoms with Crippen molar-refractivity contribution in [3.63, 3.8) is 0 Å². The van der Waals surface area contributed by atoms with Crippen molar-refractivity contribution in [2.45, 2.75) is 77.3 Å². The molecule has 0 bridgehead atoms. The molecule has 15 heavy (non-hydrogen) atoms. The van der Waals surface area contributed by atoms with Crippen LogP contribution in [0.3, 0.4) is 0 Å². The lowest BCUT2D eigenvalue weighted by molar-refractivity contribution is 0.277. The van der Waals surface area contributed by atoms with E-state index in [0.717, 1.165) is 19.3 Å². The molecule has 1 unspecified atom stereocenters. The molecule has 0 N–H and O–H groups in total. The van der Waals surface area contributed by atoms with Crippen molar-refractivity contribution in [3.8, 4) is 0 Å². The maximum Gasteiger partial charge on any atom is 0.100 e. The Morgan fingerprint density at radius 2 is 1.33 bits per heavy atom. The standard InChI is InChI=1S/C13H26F2/c1-2-3-4-5-7-10-13(15)11-8-6-9-12-14/h13H,2-12H2,1H3. The van der Waals surface area contributed by atoms with Crippen molar-refractivity contribution >= 4 is 0 Å². The fourth-order valence-electron chi connectivity index (χ4n) is 1.75. The lowest BCUT2D eigenvalue weighted by Crippen LogP contribution is -2.00. The summed E-state index contributed by atoms with van der Waals surface area (Å²) in [7, 11) is 0. The van der Waals surface area contributed by atoms with Crippen LogP contribution >= 0.6 is 0 Å². The van der Waals surface area contributed by atoms with Gasteiger partial charge < -0.3 is 0 Å². The summed E-state index contributed by atoms with van der Waals surface area (Å²) in [6, 6.07) is 0. The Morgan fingerprint density at radius 3 is 1.87 bits per heavy atom. The van der Waals surface area contributed by atoms with Crippen LogP contribution in [0.15, 0.2) is 0 Å². The van der Waals surface area contributed by atoms with Crippen molar-refractivity contribution in [3.05, 3.63) is 0 Å². The van der Waals surface area contributed by atoms with Crippen molar-refractivity contribution in [1.82, 2.24) is 0 Å². The van der Waals surface area contributed by atoms with Gasteiger partial charge in [0.05, 0.1) is 6.67 Å². The van der Waals surface area contributed by atoms with E-state index >= 15 is 0 Å². The molecule has 1 atom stereocenters. The summed E-state index contributed by atoms with van der Waals surface area (Å²) >= 11 is 0. The average molecular weight is 220 g/mol. The third-order valence-electron chi connectivity index (χ3n) is 2.77. The average Bonchev–Trinajstić information content (AvgIpc) is 2.24. The third-order valence-corrected chi connectivity index (χ3v) is 2.77. The highest BCUT2D eigenvalue weighted by molar-refractivity contribution is 4.57. The van der Waals surface area contributed by atoms with E-state index in [1.807, 2.05) is 0 Å². The molecule has 0 nitrogen and oxygen atoms in total. The summed E-state index contributed by atoms with van der Waals surface area (Å²) in [6.45, 7) is 1.93. The summed E-state index contributed by atoms with van der Waals surface area (Å²) in [6.07, 6.45) is 8.92. The van der Waals surface area contributed by atoms with Crippen LogP contribution in [0.5, 0.6) is 0 Å². The van der Waals surface area contributed by atoms with Crippen LogP contribution < -0.4 is 0 Å². The molecular formula is C13H26F2. The topological polar surface area (TPSA) is 0 Å². The first kappa shape index (κ1) is 14.9. The van der Waals surface area contributed by atoms with Gasteiger partial charge in [-0.15, -0.1) is 0 Å². The molecule has 0 saturated heterocycles. The van der Waals surface area contributed by atoms with Gasteiger partial charge in [-0.2, -0.15) is 0 Å². The molecule has 0 aromatic heterocycles. The van der Waals surface area contributed by atoms with Gasteiger partial charge in [0.15, 0.2) is 0 Å². The minimum Gasteiger partial charge on any atom is -0.251 e. The van der Waals surface area contributed by atoms with Crippen molar-refractivity contribution in [2.75, 3.05) is 6.67 Å². The monoisotopic (exact) mass is 220 g/mol. The number of halogens is 2. The van der Waals surface area contributed by atoms with Crippen LogP contribution in [-0.2, 0) is 0 Å². The van der Waals surface area contributed by atoms with Gasteiger partial charge in [0.25, 0.3) is 0 Å². The van der Waals surface area contributed by atoms with Crippen LogP contribution in [0, 0.1) is 0 Å². The van der Waals surface area contributed by atoms with Gasteiger partial charge in [0, 0.05) is 0 Å². The molecule has 0 saturated carbocycles. The molecule has 0 radical (unpaired) electrons. The predicted molar refractivity (Wildman–Crippen MR) is 62.7 cm³/mol. The molecule has 92 valence electrons. The molecule has 0 amide bonds. The fourth-order valence-corrected chi connectivity index (χ4v) is 1.75. The zero-order valence-electron chi connectivity index (χ0n) is 10.1. The van der Waals surface area contributed by atoms with E-state index in [9.17, 15) is 8.78 Å². The maximum absolute atomic E-state index is 13.2. The van der Waals surface area contributed by atoms with E-state index in [2.05, 4.69) is 6.92 Å². The lowest BCUT2D eigenvalue weighted by Gasteiger charge is -2.07. The van der Waals surface area contributed by atoms with Crippen LogP contribution in [0.2, 0.25) is 0 Å². The van der Waals surface area contributed by atoms with Crippen LogP contribution in [0.1, 0.15) is 71.1 Å². The van der Waals surface area contributed by atoms with E-state index in [4.69, 9.17) is 0 Å². The first-order chi connectivity index (χ1) is 7.31. The summed E-state index contributed by atoms with van der Waals surface area (Å²) in [5.74, 6) is 0. The van der Waals surface area contributed by atoms with E-state index < -0.39 is 6.17 Å². The first-order valence-electron chi connectivity index (χ1n) is 6.51. The number of hydrogen-bond acceptors (Lipinski definition) is 0. The van der Waals surface area contributed by atoms with E-state index in [1.165, 1.54) is 25.7 Å². The number of unbranched alkanes of at least 4 members (excludes halogenated alkanes) is 6. The highest BCUT2D eigenvalue weighted by Crippen LogP contribution is 2.14. The third kappa shape index (κ3) is 11.8. The molecule has 0 rings (SSSR count). The van der Waals surface area contributed by atoms with Crippen LogP contribution in [0.25, 0.3) is 0 Å². The normalized spacial score (nSPS) is 13.0. The molecular weight excluding hydrogens is 194 g/mol. The molecule has 0 aliphatic rings. The minimum atomic E-state index is -0.647. The number of hydrogen-bond donors (Lipinski definition) is 0. The van der Waals surface area contributed by atoms with Gasteiger partial charge >= 0.3 is 0 Å². The second-order valence-electron chi connectivity index (χ2n) is 4.34. The molecule has 0 aromatic carbocycles. The van der Waals surface area contributed by atoms with Crippen LogP contribution in [0.4, 0.5) is 8.78 Å². The smallest absolute Gasteiger partial charge is 0.100 e. The summed E-state index contributed by atoms with van der Waals surface area (Å²) in [5.41, 5.74) is 0. The molecule has 0 aliphatic heterocycles. The molecule has 0 heterocycles. The predicted octanol–water partition coefficient (Wildman–Crippen LogP) is 5.21. The Morgan fingerprint density at radius 1 is 0.800 bits per heavy atom. The Kier molecular flexibility index (Phi) is 11.8. The quantitative estimate of drug-likeness (QED) is 0.419. The number of alkyl halides is 2. The SMILES string of the molecule is CCCCCCCC(F)CCCCCF. The summed E-state index contributed by atoms with van der Waals surface area (Å²) in [5, 5.41) is 0. The molecule has 0 fully saturated rings. The fraction of sp³-hybridized carbons (Fsp3) is 1.00. The van der Waals surface area contributed by atoms with Gasteiger partial charge in [0.1, 0.15) is 6.17 Å². The zero-order chi connectivity index (χ0) is 11.4. The van der Waals surface area contributed by atoms with Gasteiger partial charge in [-0.1, -0.05) is 51.9 Å². The van der Waals surface area contributed by atoms with Crippen molar-refractivity contribution in [2.24, 2.45) is 0 Å². The second-order valence-corrected chi connectivity index (χ2v) is 4.34. The van der Waals surface area contributed by atoms with Gasteiger partial charge in [-0.25, -0.2) is 4.39 Å². The first-order valence-corrected chi connectivity index (χ1v) is 6.51. The highest BCUT2D eigenvalue weighted by Gasteiger charge is 2.05. The van der Waals surface area contributed by atoms with Crippen LogP contribution in [-0.4, -0.2) is 12.8 Å². The minimum absolute atomic E-state index is 0.256. The summed E-state index contributed by atoms with van der Waals surface area (Å²) in [4.78, 5) is 0. The Labute approximate surface area is 93.4 Å². The maximum atomic E-state index is 13.2. The Bertz CT molecular complexity index is 115. The molecule has 0 spiro atoms. The summed E-state index contributed by atoms with van der Waals surface area (Å²) < 4.78 is 25.0. The molecule has 0 aliphatic carbocycles. The molecule has 2 heteroatoms. The molecule has 0 aromatic rings. The largest absolute Gasteiger partial charge is 0.251 e. The Hall–Kier alpha value is -0.140. The van der Waals surface area contributed by atoms with E-state index in [1.54, 1.807) is 0 Å². The van der Waals surface area contributed by atoms with E-state index in [0.29, 0.717) is 19.3 Å². The van der Waals surface area contributed by atoms with E-state index in [-0.39, 0.29) is 6.67 Å². The lowest BCUT2D eigenvalue weighted by atomic mass is 10.0. The van der Waals surface area contributed by atoms with Gasteiger partial charge in [0.2, 0.25) is 0 Å². The second kappa shape index (κ2) is 11.9. The highest BCUT2D eigenvalue weighted by atomic mass is 19.1. The zero-order valence-corrected chi connectivity index (χ0v) is 10.1. The Balaban J connectivity index is 3.08. The van der Waals surface area contributed by atoms with Crippen molar-refractivity contribution < 1.29 is 8.78 Å². The number of rotatable bonds is 11. The van der Waals surface area contributed by atoms with Gasteiger partial charge in [-0.05, 0) is 19.3 Å². The van der Waals surface area contributed by atoms with Gasteiger partial charge in [-0.3, -0.25) is 4.39 Å². The van der Waals surface area contributed by atoms with Crippen molar-refractivity contribution in [1.29, 1.82) is 0 Å².